The Morgan fingerprint density at radius 1 is 0.508 bits per heavy atom. The quantitative estimate of drug-likeness (QED) is 0.0245. The Hall–Kier alpha value is -2.70. The predicted octanol–water partition coefficient (Wildman–Crippen LogP) is 15.4. The molecule has 3 atom stereocenters. The highest BCUT2D eigenvalue weighted by atomic mass is 16.5. The van der Waals surface area contributed by atoms with Crippen LogP contribution in [0.15, 0.2) is 72.9 Å². The van der Waals surface area contributed by atoms with E-state index in [1.807, 2.05) is 0 Å². The maximum Gasteiger partial charge on any atom is 0.306 e. The van der Waals surface area contributed by atoms with Gasteiger partial charge in [-0.05, 0) is 83.5 Å². The molecular weight excluding hydrogens is 755 g/mol. The van der Waals surface area contributed by atoms with Crippen molar-refractivity contribution in [1.82, 2.24) is 5.32 Å². The standard InChI is InChI=1S/C55H97NO5/c1-4-7-10-13-16-19-22-24-26-28-30-32-34-37-40-43-46-51(49-54(59)56-52(50-57)53(58)47-44-41-38-35-21-18-15-12-9-6-3)61-55(60)48-45-42-39-36-33-31-29-27-25-23-20-17-14-11-8-5-2/h8,11,17,20,22,24-28,30,32,51-53,57-58H,4-7,9-10,12-16,18-19,21,23,29,31,33-50H2,1-3H3,(H,56,59)/b11-8+,20-17+,24-22+,27-25+,28-26+,32-30+. The number of unbranched alkanes of at least 4 members (excludes halogenated alkanes) is 23. The molecule has 0 aromatic carbocycles. The highest BCUT2D eigenvalue weighted by Crippen LogP contribution is 2.17. The molecule has 6 heteroatoms. The molecule has 0 aliphatic rings. The third-order valence-electron chi connectivity index (χ3n) is 11.3. The molecule has 0 aromatic rings. The van der Waals surface area contributed by atoms with Crippen molar-refractivity contribution in [2.45, 2.75) is 257 Å². The van der Waals surface area contributed by atoms with Crippen LogP contribution in [-0.4, -0.2) is 46.9 Å². The van der Waals surface area contributed by atoms with E-state index in [2.05, 4.69) is 99.0 Å². The van der Waals surface area contributed by atoms with E-state index in [0.717, 1.165) is 96.3 Å². The number of carbonyl (C=O) groups excluding carboxylic acids is 2. The Morgan fingerprint density at radius 2 is 0.951 bits per heavy atom. The Labute approximate surface area is 377 Å². The first-order valence-electron chi connectivity index (χ1n) is 25.7. The molecule has 0 radical (unpaired) electrons. The maximum absolute atomic E-state index is 13.2. The second-order valence-corrected chi connectivity index (χ2v) is 17.2. The molecule has 0 heterocycles. The van der Waals surface area contributed by atoms with E-state index in [9.17, 15) is 19.8 Å². The molecular formula is C55H97NO5. The first-order chi connectivity index (χ1) is 30.0. The average Bonchev–Trinajstić information content (AvgIpc) is 3.25. The molecule has 0 aliphatic carbocycles. The summed E-state index contributed by atoms with van der Waals surface area (Å²) in [6.45, 7) is 6.33. The van der Waals surface area contributed by atoms with Crippen LogP contribution in [0.2, 0.25) is 0 Å². The summed E-state index contributed by atoms with van der Waals surface area (Å²) in [5.74, 6) is -0.524. The van der Waals surface area contributed by atoms with Crippen molar-refractivity contribution >= 4 is 11.9 Å². The summed E-state index contributed by atoms with van der Waals surface area (Å²) in [4.78, 5) is 26.1. The van der Waals surface area contributed by atoms with E-state index in [0.29, 0.717) is 19.3 Å². The third kappa shape index (κ3) is 43.7. The molecule has 0 spiro atoms. The summed E-state index contributed by atoms with van der Waals surface area (Å²) >= 11 is 0. The monoisotopic (exact) mass is 852 g/mol. The fourth-order valence-corrected chi connectivity index (χ4v) is 7.45. The summed E-state index contributed by atoms with van der Waals surface area (Å²) in [5, 5.41) is 23.7. The predicted molar refractivity (Wildman–Crippen MR) is 264 cm³/mol. The number of ether oxygens (including phenoxy) is 1. The third-order valence-corrected chi connectivity index (χ3v) is 11.3. The van der Waals surface area contributed by atoms with E-state index >= 15 is 0 Å². The zero-order valence-corrected chi connectivity index (χ0v) is 40.0. The van der Waals surface area contributed by atoms with E-state index in [4.69, 9.17) is 4.74 Å². The minimum atomic E-state index is -0.801. The van der Waals surface area contributed by atoms with Gasteiger partial charge in [-0.1, -0.05) is 216 Å². The Morgan fingerprint density at radius 3 is 1.49 bits per heavy atom. The zero-order chi connectivity index (χ0) is 44.5. The average molecular weight is 852 g/mol. The molecule has 6 nitrogen and oxygen atoms in total. The minimum absolute atomic E-state index is 0.0468. The molecule has 3 N–H and O–H groups in total. The number of aliphatic hydroxyl groups is 2. The van der Waals surface area contributed by atoms with Gasteiger partial charge < -0.3 is 20.3 Å². The maximum atomic E-state index is 13.2. The molecule has 1 amide bonds. The Kier molecular flexibility index (Phi) is 46.2. The van der Waals surface area contributed by atoms with Crippen molar-refractivity contribution in [3.63, 3.8) is 0 Å². The van der Waals surface area contributed by atoms with E-state index in [-0.39, 0.29) is 24.9 Å². The molecule has 0 saturated heterocycles. The van der Waals surface area contributed by atoms with Gasteiger partial charge in [0.2, 0.25) is 5.91 Å². The van der Waals surface area contributed by atoms with Gasteiger partial charge in [-0.15, -0.1) is 0 Å². The smallest absolute Gasteiger partial charge is 0.306 e. The molecule has 0 aliphatic heterocycles. The van der Waals surface area contributed by atoms with Gasteiger partial charge in [0.25, 0.3) is 0 Å². The van der Waals surface area contributed by atoms with Crippen LogP contribution < -0.4 is 5.32 Å². The van der Waals surface area contributed by atoms with Crippen LogP contribution in [0, 0.1) is 0 Å². The molecule has 0 bridgehead atoms. The number of aliphatic hydroxyl groups excluding tert-OH is 2. The van der Waals surface area contributed by atoms with Crippen LogP contribution in [0.5, 0.6) is 0 Å². The fraction of sp³-hybridized carbons (Fsp3) is 0.745. The van der Waals surface area contributed by atoms with Gasteiger partial charge in [0.1, 0.15) is 6.10 Å². The minimum Gasteiger partial charge on any atom is -0.462 e. The lowest BCUT2D eigenvalue weighted by Crippen LogP contribution is -2.46. The number of carbonyl (C=O) groups is 2. The fourth-order valence-electron chi connectivity index (χ4n) is 7.45. The van der Waals surface area contributed by atoms with E-state index in [1.165, 1.54) is 96.3 Å². The van der Waals surface area contributed by atoms with Crippen LogP contribution in [0.4, 0.5) is 0 Å². The molecule has 3 unspecified atom stereocenters. The molecule has 0 fully saturated rings. The number of nitrogens with one attached hydrogen (secondary N) is 1. The molecule has 352 valence electrons. The van der Waals surface area contributed by atoms with Gasteiger partial charge in [0, 0.05) is 6.42 Å². The molecule has 0 aromatic heterocycles. The van der Waals surface area contributed by atoms with Crippen molar-refractivity contribution < 1.29 is 24.5 Å². The van der Waals surface area contributed by atoms with E-state index in [1.54, 1.807) is 0 Å². The summed E-state index contributed by atoms with van der Waals surface area (Å²) in [7, 11) is 0. The van der Waals surface area contributed by atoms with Crippen molar-refractivity contribution in [2.75, 3.05) is 6.61 Å². The molecule has 0 rings (SSSR count). The lowest BCUT2D eigenvalue weighted by molar-refractivity contribution is -0.151. The second-order valence-electron chi connectivity index (χ2n) is 17.2. The summed E-state index contributed by atoms with van der Waals surface area (Å²) in [6, 6.07) is -0.717. The van der Waals surface area contributed by atoms with Crippen molar-refractivity contribution in [3.8, 4) is 0 Å². The van der Waals surface area contributed by atoms with Crippen LogP contribution in [0.1, 0.15) is 239 Å². The van der Waals surface area contributed by atoms with Crippen molar-refractivity contribution in [1.29, 1.82) is 0 Å². The van der Waals surface area contributed by atoms with Crippen LogP contribution in [0.3, 0.4) is 0 Å². The summed E-state index contributed by atoms with van der Waals surface area (Å²) < 4.78 is 5.91. The summed E-state index contributed by atoms with van der Waals surface area (Å²) in [5.41, 5.74) is 0. The van der Waals surface area contributed by atoms with Gasteiger partial charge in [-0.25, -0.2) is 0 Å². The highest BCUT2D eigenvalue weighted by Gasteiger charge is 2.24. The second kappa shape index (κ2) is 48.3. The van der Waals surface area contributed by atoms with Crippen molar-refractivity contribution in [2.24, 2.45) is 0 Å². The normalized spacial score (nSPS) is 13.9. The van der Waals surface area contributed by atoms with Gasteiger partial charge in [0.15, 0.2) is 0 Å². The van der Waals surface area contributed by atoms with E-state index < -0.39 is 18.2 Å². The van der Waals surface area contributed by atoms with Crippen LogP contribution in [-0.2, 0) is 14.3 Å². The lowest BCUT2D eigenvalue weighted by atomic mass is 10.0. The number of amides is 1. The number of allylic oxidation sites excluding steroid dienone is 12. The largest absolute Gasteiger partial charge is 0.462 e. The highest BCUT2D eigenvalue weighted by molar-refractivity contribution is 5.77. The molecule has 0 saturated carbocycles. The number of hydrogen-bond acceptors (Lipinski definition) is 5. The van der Waals surface area contributed by atoms with Gasteiger partial charge in [-0.3, -0.25) is 9.59 Å². The Bertz CT molecular complexity index is 1140. The SMILES string of the molecule is CC/C=C/C/C=C/C/C=C/CCCCCCCCC(=O)OC(CCCCC/C=C/C=C/C=C/CCCCCCC)CC(=O)NC(CO)C(O)CCCCCCCCCCCC. The first kappa shape index (κ1) is 58.3. The van der Waals surface area contributed by atoms with Gasteiger partial charge in [0.05, 0.1) is 25.2 Å². The Balaban J connectivity index is 4.69. The topological polar surface area (TPSA) is 95.9 Å². The first-order valence-corrected chi connectivity index (χ1v) is 25.7. The summed E-state index contributed by atoms with van der Waals surface area (Å²) in [6.07, 6.45) is 61.0. The zero-order valence-electron chi connectivity index (χ0n) is 40.0. The number of rotatable bonds is 45. The van der Waals surface area contributed by atoms with Crippen LogP contribution >= 0.6 is 0 Å². The number of hydrogen-bond donors (Lipinski definition) is 3. The number of esters is 1. The van der Waals surface area contributed by atoms with Crippen LogP contribution in [0.25, 0.3) is 0 Å². The van der Waals surface area contributed by atoms with Crippen molar-refractivity contribution in [3.05, 3.63) is 72.9 Å². The van der Waals surface area contributed by atoms with Gasteiger partial charge >= 0.3 is 5.97 Å². The lowest BCUT2D eigenvalue weighted by Gasteiger charge is -2.24. The van der Waals surface area contributed by atoms with Gasteiger partial charge in [-0.2, -0.15) is 0 Å². The molecule has 61 heavy (non-hydrogen) atoms.